The Bertz CT molecular complexity index is 876. The molecule has 0 bridgehead atoms. The second-order valence-corrected chi connectivity index (χ2v) is 8.68. The maximum atomic E-state index is 12.6. The molecule has 2 aliphatic heterocycles. The maximum absolute atomic E-state index is 12.6. The lowest BCUT2D eigenvalue weighted by molar-refractivity contribution is -0.00546. The number of amides is 2. The summed E-state index contributed by atoms with van der Waals surface area (Å²) in [6.07, 6.45) is 2.24. The number of nitrogens with one attached hydrogen (secondary N) is 1. The first kappa shape index (κ1) is 21.7. The molecule has 2 aliphatic rings. The van der Waals surface area contributed by atoms with Gasteiger partial charge in [-0.05, 0) is 37.6 Å². The molecule has 2 atom stereocenters. The summed E-state index contributed by atoms with van der Waals surface area (Å²) in [5, 5.41) is 3.76. The predicted molar refractivity (Wildman–Crippen MR) is 124 cm³/mol. The molecule has 2 aromatic rings. The molecule has 0 aliphatic carbocycles. The number of carbonyl (C=O) groups excluding carboxylic acids is 1. The van der Waals surface area contributed by atoms with Crippen molar-refractivity contribution in [2.24, 2.45) is 0 Å². The van der Waals surface area contributed by atoms with Gasteiger partial charge in [-0.25, -0.2) is 9.78 Å². The van der Waals surface area contributed by atoms with Gasteiger partial charge in [0.1, 0.15) is 5.82 Å². The van der Waals surface area contributed by atoms with Gasteiger partial charge in [0.05, 0.1) is 22.9 Å². The smallest absolute Gasteiger partial charge is 0.317 e. The van der Waals surface area contributed by atoms with E-state index in [0.717, 1.165) is 48.3 Å². The van der Waals surface area contributed by atoms with Gasteiger partial charge in [0.25, 0.3) is 0 Å². The van der Waals surface area contributed by atoms with Crippen LogP contribution in [-0.2, 0) is 11.3 Å². The molecule has 1 N–H and O–H groups in total. The van der Waals surface area contributed by atoms with E-state index >= 15 is 0 Å². The monoisotopic (exact) mass is 443 g/mol. The van der Waals surface area contributed by atoms with E-state index < -0.39 is 0 Å². The lowest BCUT2D eigenvalue weighted by Crippen LogP contribution is -2.51. The fourth-order valence-electron chi connectivity index (χ4n) is 4.22. The number of para-hydroxylation sites is 1. The Morgan fingerprint density at radius 1 is 1.06 bits per heavy atom. The van der Waals surface area contributed by atoms with E-state index in [-0.39, 0.29) is 18.2 Å². The Morgan fingerprint density at radius 3 is 2.42 bits per heavy atom. The Labute approximate surface area is 188 Å². The van der Waals surface area contributed by atoms with Gasteiger partial charge in [0.2, 0.25) is 0 Å². The lowest BCUT2D eigenvalue weighted by atomic mass is 10.2. The fourth-order valence-corrected chi connectivity index (χ4v) is 4.48. The van der Waals surface area contributed by atoms with Crippen molar-refractivity contribution in [1.82, 2.24) is 15.2 Å². The number of ether oxygens (including phenoxy) is 1. The molecule has 31 heavy (non-hydrogen) atoms. The lowest BCUT2D eigenvalue weighted by Gasteiger charge is -2.36. The largest absolute Gasteiger partial charge is 0.372 e. The summed E-state index contributed by atoms with van der Waals surface area (Å²) >= 11 is 6.30. The van der Waals surface area contributed by atoms with Crippen molar-refractivity contribution < 1.29 is 9.53 Å². The predicted octanol–water partition coefficient (Wildman–Crippen LogP) is 3.38. The van der Waals surface area contributed by atoms with Crippen LogP contribution in [0.1, 0.15) is 19.4 Å². The standard InChI is InChI=1S/C23H30ClN5O2/c1-17-15-29(16-18(2)31-17)22-8-7-19(13-25-22)14-26-23(30)28-11-9-27(10-12-28)21-6-4-3-5-20(21)24/h3-8,13,17-18H,9-12,14-16H2,1-2H3,(H,26,30). The van der Waals surface area contributed by atoms with Gasteiger partial charge in [-0.3, -0.25) is 0 Å². The van der Waals surface area contributed by atoms with Crippen LogP contribution < -0.4 is 15.1 Å². The molecule has 4 rings (SSSR count). The SMILES string of the molecule is CC1CN(c2ccc(CNC(=O)N3CCN(c4ccccc4Cl)CC3)cn2)CC(C)O1. The summed E-state index contributed by atoms with van der Waals surface area (Å²) in [6, 6.07) is 11.8. The summed E-state index contributed by atoms with van der Waals surface area (Å²) in [7, 11) is 0. The fraction of sp³-hybridized carbons (Fsp3) is 0.478. The number of pyridine rings is 1. The number of nitrogens with zero attached hydrogens (tertiary/aromatic N) is 4. The van der Waals surface area contributed by atoms with E-state index in [1.807, 2.05) is 47.5 Å². The average molecular weight is 444 g/mol. The zero-order chi connectivity index (χ0) is 21.8. The van der Waals surface area contributed by atoms with E-state index in [0.29, 0.717) is 19.6 Å². The second-order valence-electron chi connectivity index (χ2n) is 8.27. The van der Waals surface area contributed by atoms with Gasteiger partial charge >= 0.3 is 6.03 Å². The van der Waals surface area contributed by atoms with Crippen molar-refractivity contribution >= 4 is 29.1 Å². The Morgan fingerprint density at radius 2 is 1.77 bits per heavy atom. The molecule has 1 aromatic carbocycles. The third-order valence-electron chi connectivity index (χ3n) is 5.76. The zero-order valence-corrected chi connectivity index (χ0v) is 18.9. The summed E-state index contributed by atoms with van der Waals surface area (Å²) < 4.78 is 5.79. The van der Waals surface area contributed by atoms with E-state index in [4.69, 9.17) is 16.3 Å². The molecule has 8 heteroatoms. The molecular formula is C23H30ClN5O2. The first-order valence-corrected chi connectivity index (χ1v) is 11.2. The minimum Gasteiger partial charge on any atom is -0.372 e. The molecule has 0 spiro atoms. The number of benzene rings is 1. The number of piperazine rings is 1. The highest BCUT2D eigenvalue weighted by Gasteiger charge is 2.24. The number of hydrogen-bond donors (Lipinski definition) is 1. The summed E-state index contributed by atoms with van der Waals surface area (Å²) in [6.45, 7) is 9.19. The van der Waals surface area contributed by atoms with E-state index in [1.54, 1.807) is 0 Å². The number of anilines is 2. The molecular weight excluding hydrogens is 414 g/mol. The molecule has 1 aromatic heterocycles. The van der Waals surface area contributed by atoms with E-state index in [2.05, 4.69) is 33.9 Å². The van der Waals surface area contributed by atoms with Gasteiger partial charge < -0.3 is 24.8 Å². The first-order valence-electron chi connectivity index (χ1n) is 10.9. The molecule has 2 saturated heterocycles. The number of halogens is 1. The van der Waals surface area contributed by atoms with Crippen LogP contribution in [0.3, 0.4) is 0 Å². The molecule has 2 unspecified atom stereocenters. The quantitative estimate of drug-likeness (QED) is 0.784. The number of aromatic nitrogens is 1. The van der Waals surface area contributed by atoms with Crippen LogP contribution in [0.4, 0.5) is 16.3 Å². The van der Waals surface area contributed by atoms with Crippen molar-refractivity contribution in [1.29, 1.82) is 0 Å². The molecule has 166 valence electrons. The van der Waals surface area contributed by atoms with Crippen LogP contribution in [0.15, 0.2) is 42.6 Å². The number of carbonyl (C=O) groups is 1. The highest BCUT2D eigenvalue weighted by molar-refractivity contribution is 6.33. The first-order chi connectivity index (χ1) is 15.0. The van der Waals surface area contributed by atoms with Crippen LogP contribution >= 0.6 is 11.6 Å². The third-order valence-corrected chi connectivity index (χ3v) is 6.08. The second kappa shape index (κ2) is 9.75. The van der Waals surface area contributed by atoms with Crippen LogP contribution in [0, 0.1) is 0 Å². The summed E-state index contributed by atoms with van der Waals surface area (Å²) in [4.78, 5) is 23.5. The normalized spacial score (nSPS) is 21.8. The van der Waals surface area contributed by atoms with Gasteiger partial charge in [-0.15, -0.1) is 0 Å². The highest BCUT2D eigenvalue weighted by Crippen LogP contribution is 2.26. The van der Waals surface area contributed by atoms with Crippen LogP contribution in [0.5, 0.6) is 0 Å². The highest BCUT2D eigenvalue weighted by atomic mass is 35.5. The van der Waals surface area contributed by atoms with Crippen molar-refractivity contribution in [3.8, 4) is 0 Å². The van der Waals surface area contributed by atoms with Crippen molar-refractivity contribution in [3.05, 3.63) is 53.2 Å². The zero-order valence-electron chi connectivity index (χ0n) is 18.1. The van der Waals surface area contributed by atoms with Crippen LogP contribution in [-0.4, -0.2) is 67.4 Å². The average Bonchev–Trinajstić information content (AvgIpc) is 2.78. The maximum Gasteiger partial charge on any atom is 0.317 e. The van der Waals surface area contributed by atoms with Crippen LogP contribution in [0.25, 0.3) is 0 Å². The summed E-state index contributed by atoms with van der Waals surface area (Å²) in [5.41, 5.74) is 2.01. The van der Waals surface area contributed by atoms with Crippen molar-refractivity contribution in [2.75, 3.05) is 49.1 Å². The molecule has 0 radical (unpaired) electrons. The van der Waals surface area contributed by atoms with Gasteiger partial charge in [0.15, 0.2) is 0 Å². The van der Waals surface area contributed by atoms with Crippen LogP contribution in [0.2, 0.25) is 5.02 Å². The van der Waals surface area contributed by atoms with E-state index in [1.165, 1.54) is 0 Å². The van der Waals surface area contributed by atoms with Crippen molar-refractivity contribution in [3.63, 3.8) is 0 Å². The molecule has 3 heterocycles. The minimum atomic E-state index is -0.0429. The Hall–Kier alpha value is -2.51. The Kier molecular flexibility index (Phi) is 6.83. The van der Waals surface area contributed by atoms with Crippen molar-refractivity contribution in [2.45, 2.75) is 32.6 Å². The third kappa shape index (κ3) is 5.40. The minimum absolute atomic E-state index is 0.0429. The number of urea groups is 1. The molecule has 2 fully saturated rings. The number of hydrogen-bond acceptors (Lipinski definition) is 5. The molecule has 7 nitrogen and oxygen atoms in total. The van der Waals surface area contributed by atoms with Gasteiger partial charge in [-0.1, -0.05) is 29.8 Å². The van der Waals surface area contributed by atoms with Gasteiger partial charge in [-0.2, -0.15) is 0 Å². The number of rotatable bonds is 4. The molecule has 2 amide bonds. The van der Waals surface area contributed by atoms with Gasteiger partial charge in [0, 0.05) is 52.0 Å². The molecule has 0 saturated carbocycles. The summed E-state index contributed by atoms with van der Waals surface area (Å²) in [5.74, 6) is 0.952. The number of morpholine rings is 1. The Balaban J connectivity index is 1.25. The topological polar surface area (TPSA) is 60.9 Å². The van der Waals surface area contributed by atoms with E-state index in [9.17, 15) is 4.79 Å².